The van der Waals surface area contributed by atoms with Crippen molar-refractivity contribution in [3.63, 3.8) is 0 Å². The number of hydrogen-bond donors (Lipinski definition) is 2. The maximum atomic E-state index is 12.7. The van der Waals surface area contributed by atoms with E-state index in [1.165, 1.54) is 0 Å². The lowest BCUT2D eigenvalue weighted by molar-refractivity contribution is -0.115. The fraction of sp³-hybridized carbons (Fsp3) is 0.263. The van der Waals surface area contributed by atoms with Crippen LogP contribution in [0.5, 0.6) is 0 Å². The third-order valence-corrected chi connectivity index (χ3v) is 5.16. The Labute approximate surface area is 146 Å². The molecule has 5 heteroatoms. The number of carbonyl (C=O) groups excluding carboxylic acids is 2. The van der Waals surface area contributed by atoms with Gasteiger partial charge in [-0.25, -0.2) is 0 Å². The number of carbonyl (C=O) groups is 2. The van der Waals surface area contributed by atoms with Crippen molar-refractivity contribution in [1.29, 1.82) is 0 Å². The molecule has 0 saturated heterocycles. The minimum Gasteiger partial charge on any atom is -0.325 e. The normalized spacial score (nSPS) is 13.7. The number of benzene rings is 2. The average Bonchev–Trinajstić information content (AvgIpc) is 2.76. The molecule has 0 bridgehead atoms. The number of para-hydroxylation sites is 1. The zero-order valence-corrected chi connectivity index (χ0v) is 14.6. The molecule has 2 aromatic rings. The second-order valence-corrected chi connectivity index (χ2v) is 6.91. The fourth-order valence-electron chi connectivity index (χ4n) is 2.75. The Hall–Kier alpha value is -2.27. The molecule has 1 aliphatic heterocycles. The average molecular weight is 340 g/mol. The molecule has 2 N–H and O–H groups in total. The van der Waals surface area contributed by atoms with Gasteiger partial charge in [-0.05, 0) is 42.7 Å². The largest absolute Gasteiger partial charge is 0.325 e. The van der Waals surface area contributed by atoms with Crippen molar-refractivity contribution in [2.75, 3.05) is 16.4 Å². The Balaban J connectivity index is 1.88. The molecule has 0 radical (unpaired) electrons. The Morgan fingerprint density at radius 1 is 1.29 bits per heavy atom. The van der Waals surface area contributed by atoms with E-state index in [2.05, 4.69) is 17.6 Å². The van der Waals surface area contributed by atoms with E-state index in [-0.39, 0.29) is 11.8 Å². The lowest BCUT2D eigenvalue weighted by Crippen LogP contribution is -2.15. The maximum Gasteiger partial charge on any atom is 0.255 e. The first kappa shape index (κ1) is 16.6. The summed E-state index contributed by atoms with van der Waals surface area (Å²) in [4.78, 5) is 25.4. The monoisotopic (exact) mass is 340 g/mol. The molecule has 0 saturated carbocycles. The lowest BCUT2D eigenvalue weighted by Gasteiger charge is -2.14. The summed E-state index contributed by atoms with van der Waals surface area (Å²) in [7, 11) is 0. The molecule has 24 heavy (non-hydrogen) atoms. The van der Waals surface area contributed by atoms with Crippen molar-refractivity contribution in [3.05, 3.63) is 53.1 Å². The van der Waals surface area contributed by atoms with Crippen molar-refractivity contribution in [1.82, 2.24) is 0 Å². The Morgan fingerprint density at radius 2 is 2.12 bits per heavy atom. The minimum atomic E-state index is -0.162. The van der Waals surface area contributed by atoms with Gasteiger partial charge in [-0.3, -0.25) is 9.59 Å². The molecule has 0 aromatic heterocycles. The zero-order valence-electron chi connectivity index (χ0n) is 13.8. The number of rotatable bonds is 3. The molecule has 1 heterocycles. The molecule has 0 atom stereocenters. The van der Waals surface area contributed by atoms with Gasteiger partial charge in [-0.15, -0.1) is 11.8 Å². The van der Waals surface area contributed by atoms with E-state index in [4.69, 9.17) is 0 Å². The number of amides is 2. The van der Waals surface area contributed by atoms with Crippen LogP contribution in [0.4, 0.5) is 11.4 Å². The quantitative estimate of drug-likeness (QED) is 0.878. The van der Waals surface area contributed by atoms with Crippen LogP contribution in [0.25, 0.3) is 0 Å². The van der Waals surface area contributed by atoms with Crippen LogP contribution in [0.2, 0.25) is 0 Å². The lowest BCUT2D eigenvalue weighted by atomic mass is 10.1. The molecule has 0 aliphatic carbocycles. The van der Waals surface area contributed by atoms with Gasteiger partial charge in [0, 0.05) is 28.3 Å². The molecular formula is C19H20N2O2S. The molecular weight excluding hydrogens is 320 g/mol. The van der Waals surface area contributed by atoms with Crippen molar-refractivity contribution >= 4 is 35.0 Å². The van der Waals surface area contributed by atoms with Gasteiger partial charge < -0.3 is 10.6 Å². The van der Waals surface area contributed by atoms with Crippen LogP contribution in [0.1, 0.15) is 34.8 Å². The van der Waals surface area contributed by atoms with E-state index in [0.29, 0.717) is 12.0 Å². The maximum absolute atomic E-state index is 12.7. The Morgan fingerprint density at radius 3 is 2.92 bits per heavy atom. The molecule has 0 spiro atoms. The smallest absolute Gasteiger partial charge is 0.255 e. The van der Waals surface area contributed by atoms with Crippen LogP contribution in [0, 0.1) is 6.92 Å². The number of anilines is 2. The van der Waals surface area contributed by atoms with Gasteiger partial charge in [0.1, 0.15) is 0 Å². The van der Waals surface area contributed by atoms with E-state index >= 15 is 0 Å². The second-order valence-electron chi connectivity index (χ2n) is 5.77. The third kappa shape index (κ3) is 3.46. The second kappa shape index (κ2) is 7.09. The molecule has 2 amide bonds. The highest BCUT2D eigenvalue weighted by molar-refractivity contribution is 7.99. The molecule has 0 fully saturated rings. The summed E-state index contributed by atoms with van der Waals surface area (Å²) >= 11 is 1.63. The first-order valence-electron chi connectivity index (χ1n) is 8.05. The third-order valence-electron chi connectivity index (χ3n) is 4.08. The Bertz CT molecular complexity index is 802. The van der Waals surface area contributed by atoms with Crippen molar-refractivity contribution < 1.29 is 9.59 Å². The summed E-state index contributed by atoms with van der Waals surface area (Å²) in [6.45, 7) is 4.06. The number of aryl methyl sites for hydroxylation is 2. The van der Waals surface area contributed by atoms with E-state index in [0.717, 1.165) is 39.6 Å². The van der Waals surface area contributed by atoms with Crippen LogP contribution < -0.4 is 10.6 Å². The van der Waals surface area contributed by atoms with Gasteiger partial charge in [0.15, 0.2) is 0 Å². The summed E-state index contributed by atoms with van der Waals surface area (Å²) in [6, 6.07) is 11.5. The molecule has 1 aliphatic rings. The van der Waals surface area contributed by atoms with Crippen molar-refractivity contribution in [3.8, 4) is 0 Å². The summed E-state index contributed by atoms with van der Waals surface area (Å²) in [5.74, 6) is 0.587. The van der Waals surface area contributed by atoms with E-state index < -0.39 is 0 Å². The predicted octanol–water partition coefficient (Wildman–Crippen LogP) is 4.24. The first-order chi connectivity index (χ1) is 11.6. The highest BCUT2D eigenvalue weighted by Gasteiger charge is 2.16. The van der Waals surface area contributed by atoms with E-state index in [9.17, 15) is 9.59 Å². The zero-order chi connectivity index (χ0) is 17.1. The van der Waals surface area contributed by atoms with Gasteiger partial charge in [-0.2, -0.15) is 0 Å². The highest BCUT2D eigenvalue weighted by atomic mass is 32.2. The van der Waals surface area contributed by atoms with Crippen molar-refractivity contribution in [2.45, 2.75) is 31.6 Å². The predicted molar refractivity (Wildman–Crippen MR) is 98.9 cm³/mol. The molecule has 4 nitrogen and oxygen atoms in total. The standard InChI is InChI=1S/C19H20N2O2S/c1-3-13-6-4-5-12(2)18(13)21-19(23)14-7-8-16-15(11-14)20-17(22)9-10-24-16/h4-8,11H,3,9-10H2,1-2H3,(H,20,22)(H,21,23). The highest BCUT2D eigenvalue weighted by Crippen LogP contribution is 2.32. The van der Waals surface area contributed by atoms with Crippen LogP contribution in [-0.2, 0) is 11.2 Å². The number of fused-ring (bicyclic) bond motifs is 1. The van der Waals surface area contributed by atoms with Crippen LogP contribution in [-0.4, -0.2) is 17.6 Å². The summed E-state index contributed by atoms with van der Waals surface area (Å²) in [5, 5.41) is 5.90. The molecule has 3 rings (SSSR count). The number of thioether (sulfide) groups is 1. The SMILES string of the molecule is CCc1cccc(C)c1NC(=O)c1ccc2c(c1)NC(=O)CCS2. The van der Waals surface area contributed by atoms with Crippen LogP contribution in [0.15, 0.2) is 41.3 Å². The van der Waals surface area contributed by atoms with Crippen LogP contribution in [0.3, 0.4) is 0 Å². The van der Waals surface area contributed by atoms with E-state index in [1.807, 2.05) is 37.3 Å². The van der Waals surface area contributed by atoms with Crippen LogP contribution >= 0.6 is 11.8 Å². The minimum absolute atomic E-state index is 0.00835. The van der Waals surface area contributed by atoms with Gasteiger partial charge >= 0.3 is 0 Å². The summed E-state index contributed by atoms with van der Waals surface area (Å²) < 4.78 is 0. The van der Waals surface area contributed by atoms with Gasteiger partial charge in [0.05, 0.1) is 5.69 Å². The van der Waals surface area contributed by atoms with Crippen molar-refractivity contribution in [2.24, 2.45) is 0 Å². The summed E-state index contributed by atoms with van der Waals surface area (Å²) in [5.41, 5.74) is 4.29. The van der Waals surface area contributed by atoms with Gasteiger partial charge in [0.25, 0.3) is 5.91 Å². The molecule has 2 aromatic carbocycles. The summed E-state index contributed by atoms with van der Waals surface area (Å²) in [6.07, 6.45) is 1.35. The molecule has 0 unspecified atom stereocenters. The van der Waals surface area contributed by atoms with E-state index in [1.54, 1.807) is 17.8 Å². The first-order valence-corrected chi connectivity index (χ1v) is 9.03. The van der Waals surface area contributed by atoms with Gasteiger partial charge in [0.2, 0.25) is 5.91 Å². The topological polar surface area (TPSA) is 58.2 Å². The number of nitrogens with one attached hydrogen (secondary N) is 2. The number of hydrogen-bond acceptors (Lipinski definition) is 3. The Kier molecular flexibility index (Phi) is 4.90. The van der Waals surface area contributed by atoms with Gasteiger partial charge in [-0.1, -0.05) is 25.1 Å². The fourth-order valence-corrected chi connectivity index (χ4v) is 3.69. The molecule has 124 valence electrons.